The number of carboxylic acid groups (broad SMARTS) is 1. The largest absolute Gasteiger partial charge is 0.480 e. The van der Waals surface area contributed by atoms with Gasteiger partial charge in [-0.25, -0.2) is 12.7 Å². The fourth-order valence-electron chi connectivity index (χ4n) is 1.99. The molecular weight excluding hydrogens is 292 g/mol. The van der Waals surface area contributed by atoms with Crippen LogP contribution in [0.1, 0.15) is 13.8 Å². The minimum Gasteiger partial charge on any atom is -0.480 e. The van der Waals surface area contributed by atoms with Crippen molar-refractivity contribution in [3.8, 4) is 0 Å². The molecule has 0 aliphatic carbocycles. The van der Waals surface area contributed by atoms with Gasteiger partial charge >= 0.3 is 5.97 Å². The smallest absolute Gasteiger partial charge is 0.323 e. The van der Waals surface area contributed by atoms with Gasteiger partial charge in [-0.2, -0.15) is 0 Å². The van der Waals surface area contributed by atoms with E-state index in [0.717, 1.165) is 4.31 Å². The van der Waals surface area contributed by atoms with Crippen molar-refractivity contribution in [1.82, 2.24) is 4.31 Å². The molecule has 0 aliphatic rings. The van der Waals surface area contributed by atoms with Crippen molar-refractivity contribution in [2.75, 3.05) is 32.1 Å². The lowest BCUT2D eigenvalue weighted by Crippen LogP contribution is -2.35. The Labute approximate surface area is 126 Å². The van der Waals surface area contributed by atoms with Crippen molar-refractivity contribution in [2.24, 2.45) is 5.92 Å². The molecule has 0 saturated heterocycles. The van der Waals surface area contributed by atoms with Gasteiger partial charge in [-0.05, 0) is 18.1 Å². The molecule has 21 heavy (non-hydrogen) atoms. The third-order valence-corrected chi connectivity index (χ3v) is 4.74. The molecule has 1 rings (SSSR count). The lowest BCUT2D eigenvalue weighted by Gasteiger charge is -2.27. The third kappa shape index (κ3) is 4.44. The Morgan fingerprint density at radius 2 is 1.81 bits per heavy atom. The van der Waals surface area contributed by atoms with Crippen LogP contribution in [-0.4, -0.2) is 51.0 Å². The van der Waals surface area contributed by atoms with Crippen LogP contribution in [0.15, 0.2) is 29.2 Å². The summed E-state index contributed by atoms with van der Waals surface area (Å²) in [5.74, 6) is -0.785. The Kier molecular flexibility index (Phi) is 5.74. The molecule has 7 heteroatoms. The summed E-state index contributed by atoms with van der Waals surface area (Å²) >= 11 is 0. The second-order valence-electron chi connectivity index (χ2n) is 5.42. The van der Waals surface area contributed by atoms with E-state index < -0.39 is 16.0 Å². The summed E-state index contributed by atoms with van der Waals surface area (Å²) in [5.41, 5.74) is 0.419. The molecule has 6 nitrogen and oxygen atoms in total. The van der Waals surface area contributed by atoms with Crippen LogP contribution in [0.4, 0.5) is 5.69 Å². The van der Waals surface area contributed by atoms with E-state index in [1.165, 1.54) is 20.2 Å². The van der Waals surface area contributed by atoms with Crippen LogP contribution in [-0.2, 0) is 14.8 Å². The number of rotatable bonds is 7. The molecule has 0 unspecified atom stereocenters. The Bertz CT molecular complexity index is 597. The lowest BCUT2D eigenvalue weighted by molar-refractivity contribution is -0.135. The zero-order chi connectivity index (χ0) is 16.2. The van der Waals surface area contributed by atoms with Crippen LogP contribution in [0.5, 0.6) is 0 Å². The molecule has 0 aromatic heterocycles. The second kappa shape index (κ2) is 6.91. The van der Waals surface area contributed by atoms with Crippen LogP contribution < -0.4 is 4.90 Å². The first-order chi connectivity index (χ1) is 9.66. The van der Waals surface area contributed by atoms with Gasteiger partial charge < -0.3 is 10.0 Å². The molecule has 0 bridgehead atoms. The van der Waals surface area contributed by atoms with Gasteiger partial charge in [0.25, 0.3) is 0 Å². The van der Waals surface area contributed by atoms with Gasteiger partial charge in [0.1, 0.15) is 11.4 Å². The Hall–Kier alpha value is -1.60. The normalized spacial score (nSPS) is 11.9. The zero-order valence-corrected chi connectivity index (χ0v) is 13.6. The molecule has 0 amide bonds. The quantitative estimate of drug-likeness (QED) is 0.825. The van der Waals surface area contributed by atoms with E-state index in [4.69, 9.17) is 5.11 Å². The second-order valence-corrected chi connectivity index (χ2v) is 7.54. The van der Waals surface area contributed by atoms with Crippen molar-refractivity contribution in [3.05, 3.63) is 24.3 Å². The topological polar surface area (TPSA) is 77.9 Å². The Morgan fingerprint density at radius 1 is 1.24 bits per heavy atom. The SMILES string of the molecule is CC(C)CN(CC(=O)O)c1ccccc1S(=O)(=O)N(C)C. The molecule has 0 radical (unpaired) electrons. The molecule has 0 spiro atoms. The fourth-order valence-corrected chi connectivity index (χ4v) is 3.09. The van der Waals surface area contributed by atoms with E-state index in [-0.39, 0.29) is 17.4 Å². The number of hydrogen-bond donors (Lipinski definition) is 1. The number of anilines is 1. The van der Waals surface area contributed by atoms with Crippen molar-refractivity contribution < 1.29 is 18.3 Å². The predicted molar refractivity (Wildman–Crippen MR) is 82.0 cm³/mol. The van der Waals surface area contributed by atoms with Gasteiger partial charge in [0, 0.05) is 20.6 Å². The van der Waals surface area contributed by atoms with Crippen molar-refractivity contribution in [1.29, 1.82) is 0 Å². The summed E-state index contributed by atoms with van der Waals surface area (Å²) in [7, 11) is -0.717. The lowest BCUT2D eigenvalue weighted by atomic mass is 10.2. The molecule has 1 aromatic carbocycles. The Morgan fingerprint density at radius 3 is 2.29 bits per heavy atom. The first-order valence-electron chi connectivity index (χ1n) is 6.64. The van der Waals surface area contributed by atoms with Crippen LogP contribution in [0.3, 0.4) is 0 Å². The van der Waals surface area contributed by atoms with Gasteiger partial charge in [0.05, 0.1) is 5.69 Å². The molecule has 0 atom stereocenters. The highest BCUT2D eigenvalue weighted by atomic mass is 32.2. The summed E-state index contributed by atoms with van der Waals surface area (Å²) in [6, 6.07) is 6.48. The minimum absolute atomic E-state index is 0.122. The first kappa shape index (κ1) is 17.5. The average molecular weight is 314 g/mol. The van der Waals surface area contributed by atoms with E-state index in [2.05, 4.69) is 0 Å². The fraction of sp³-hybridized carbons (Fsp3) is 0.500. The summed E-state index contributed by atoms with van der Waals surface area (Å²) < 4.78 is 25.9. The molecule has 0 heterocycles. The summed E-state index contributed by atoms with van der Waals surface area (Å²) in [5, 5.41) is 9.06. The minimum atomic E-state index is -3.63. The van der Waals surface area contributed by atoms with Gasteiger partial charge in [-0.15, -0.1) is 0 Å². The average Bonchev–Trinajstić information content (AvgIpc) is 2.36. The number of carbonyl (C=O) groups is 1. The van der Waals surface area contributed by atoms with Crippen molar-refractivity contribution in [3.63, 3.8) is 0 Å². The summed E-state index contributed by atoms with van der Waals surface area (Å²) in [6.07, 6.45) is 0. The van der Waals surface area contributed by atoms with E-state index in [1.54, 1.807) is 23.1 Å². The number of sulfonamides is 1. The monoisotopic (exact) mass is 314 g/mol. The van der Waals surface area contributed by atoms with Crippen LogP contribution in [0.25, 0.3) is 0 Å². The number of aliphatic carboxylic acids is 1. The molecule has 1 N–H and O–H groups in total. The summed E-state index contributed by atoms with van der Waals surface area (Å²) in [6.45, 7) is 4.14. The van der Waals surface area contributed by atoms with Crippen LogP contribution in [0, 0.1) is 5.92 Å². The van der Waals surface area contributed by atoms with Gasteiger partial charge in [0.15, 0.2) is 0 Å². The molecule has 1 aromatic rings. The van der Waals surface area contributed by atoms with Gasteiger partial charge in [-0.1, -0.05) is 26.0 Å². The molecule has 0 fully saturated rings. The third-order valence-electron chi connectivity index (χ3n) is 2.88. The molecule has 0 saturated carbocycles. The number of benzene rings is 1. The summed E-state index contributed by atoms with van der Waals surface area (Å²) in [4.78, 5) is 12.8. The van der Waals surface area contributed by atoms with E-state index in [1.807, 2.05) is 13.8 Å². The van der Waals surface area contributed by atoms with Crippen molar-refractivity contribution >= 4 is 21.7 Å². The maximum atomic E-state index is 12.4. The predicted octanol–water partition coefficient (Wildman–Crippen LogP) is 1.48. The van der Waals surface area contributed by atoms with Crippen molar-refractivity contribution in [2.45, 2.75) is 18.7 Å². The zero-order valence-electron chi connectivity index (χ0n) is 12.8. The van der Waals surface area contributed by atoms with E-state index >= 15 is 0 Å². The number of carboxylic acids is 1. The van der Waals surface area contributed by atoms with Gasteiger partial charge in [0.2, 0.25) is 10.0 Å². The van der Waals surface area contributed by atoms with E-state index in [0.29, 0.717) is 12.2 Å². The number of hydrogen-bond acceptors (Lipinski definition) is 4. The van der Waals surface area contributed by atoms with Gasteiger partial charge in [-0.3, -0.25) is 4.79 Å². The molecular formula is C14H22N2O4S. The molecule has 0 aliphatic heterocycles. The standard InChI is InChI=1S/C14H22N2O4S/c1-11(2)9-16(10-14(17)18)12-7-5-6-8-13(12)21(19,20)15(3)4/h5-8,11H,9-10H2,1-4H3,(H,17,18). The maximum Gasteiger partial charge on any atom is 0.323 e. The van der Waals surface area contributed by atoms with Crippen LogP contribution >= 0.6 is 0 Å². The molecule has 118 valence electrons. The Balaban J connectivity index is 3.35. The number of nitrogens with zero attached hydrogens (tertiary/aromatic N) is 2. The highest BCUT2D eigenvalue weighted by Gasteiger charge is 2.24. The highest BCUT2D eigenvalue weighted by Crippen LogP contribution is 2.27. The van der Waals surface area contributed by atoms with Crippen LogP contribution in [0.2, 0.25) is 0 Å². The first-order valence-corrected chi connectivity index (χ1v) is 8.08. The van der Waals surface area contributed by atoms with E-state index in [9.17, 15) is 13.2 Å². The maximum absolute atomic E-state index is 12.4. The number of para-hydroxylation sites is 1. The highest BCUT2D eigenvalue weighted by molar-refractivity contribution is 7.89.